The van der Waals surface area contributed by atoms with E-state index in [-0.39, 0.29) is 30.4 Å². The zero-order valence-electron chi connectivity index (χ0n) is 8.24. The van der Waals surface area contributed by atoms with E-state index in [9.17, 15) is 4.79 Å². The van der Waals surface area contributed by atoms with Gasteiger partial charge in [0.25, 0.3) is 0 Å². The normalized spacial score (nSPS) is 31.6. The standard InChI is InChI=1S/C9H17N3O.ClH/c10-7-3-5-12(6-7)9(13)8-2-1-4-11-8;/h7-8,11H,1-6,10H2;1H/t7?,8-;/m1./s1. The molecule has 2 atom stereocenters. The molecule has 82 valence electrons. The Morgan fingerprint density at radius 2 is 2.21 bits per heavy atom. The van der Waals surface area contributed by atoms with Gasteiger partial charge in [0.15, 0.2) is 0 Å². The number of hydrogen-bond donors (Lipinski definition) is 2. The summed E-state index contributed by atoms with van der Waals surface area (Å²) >= 11 is 0. The van der Waals surface area contributed by atoms with Gasteiger partial charge in [0.2, 0.25) is 5.91 Å². The van der Waals surface area contributed by atoms with Crippen LogP contribution in [0, 0.1) is 0 Å². The Morgan fingerprint density at radius 3 is 2.71 bits per heavy atom. The fourth-order valence-electron chi connectivity index (χ4n) is 2.10. The summed E-state index contributed by atoms with van der Waals surface area (Å²) in [6, 6.07) is 0.274. The van der Waals surface area contributed by atoms with Crippen LogP contribution < -0.4 is 11.1 Å². The number of nitrogens with one attached hydrogen (secondary N) is 1. The lowest BCUT2D eigenvalue weighted by Gasteiger charge is -2.19. The molecular formula is C9H18ClN3O. The van der Waals surface area contributed by atoms with Crippen molar-refractivity contribution in [2.24, 2.45) is 5.73 Å². The van der Waals surface area contributed by atoms with E-state index in [4.69, 9.17) is 5.73 Å². The SMILES string of the molecule is Cl.NC1CCN(C(=O)[C@H]2CCCN2)C1. The largest absolute Gasteiger partial charge is 0.340 e. The van der Waals surface area contributed by atoms with Crippen LogP contribution in [-0.2, 0) is 4.79 Å². The van der Waals surface area contributed by atoms with Crippen LogP contribution in [0.2, 0.25) is 0 Å². The summed E-state index contributed by atoms with van der Waals surface area (Å²) in [5.41, 5.74) is 5.75. The van der Waals surface area contributed by atoms with E-state index in [0.717, 1.165) is 38.9 Å². The number of carbonyl (C=O) groups excluding carboxylic acids is 1. The molecule has 0 radical (unpaired) electrons. The first-order chi connectivity index (χ1) is 6.27. The Hall–Kier alpha value is -0.320. The van der Waals surface area contributed by atoms with Gasteiger partial charge in [-0.15, -0.1) is 12.4 Å². The molecule has 2 aliphatic heterocycles. The first-order valence-electron chi connectivity index (χ1n) is 5.05. The van der Waals surface area contributed by atoms with E-state index in [1.807, 2.05) is 4.90 Å². The van der Waals surface area contributed by atoms with Crippen LogP contribution in [0.1, 0.15) is 19.3 Å². The Kier molecular flexibility index (Phi) is 4.16. The van der Waals surface area contributed by atoms with Crippen LogP contribution in [0.15, 0.2) is 0 Å². The Balaban J connectivity index is 0.000000980. The van der Waals surface area contributed by atoms with Gasteiger partial charge in [-0.1, -0.05) is 0 Å². The van der Waals surface area contributed by atoms with Crippen LogP contribution in [0.3, 0.4) is 0 Å². The van der Waals surface area contributed by atoms with Gasteiger partial charge in [0, 0.05) is 19.1 Å². The minimum atomic E-state index is 0. The number of rotatable bonds is 1. The monoisotopic (exact) mass is 219 g/mol. The molecule has 0 aromatic carbocycles. The third kappa shape index (κ3) is 2.38. The number of nitrogens with two attached hydrogens (primary N) is 1. The summed E-state index contributed by atoms with van der Waals surface area (Å²) < 4.78 is 0. The van der Waals surface area contributed by atoms with Crippen LogP contribution in [0.25, 0.3) is 0 Å². The molecule has 4 nitrogen and oxygen atoms in total. The van der Waals surface area contributed by atoms with Crippen molar-refractivity contribution in [2.45, 2.75) is 31.3 Å². The average Bonchev–Trinajstić information content (AvgIpc) is 2.72. The minimum Gasteiger partial charge on any atom is -0.340 e. The van der Waals surface area contributed by atoms with Crippen molar-refractivity contribution >= 4 is 18.3 Å². The summed E-state index contributed by atoms with van der Waals surface area (Å²) in [4.78, 5) is 13.7. The Bertz CT molecular complexity index is 206. The maximum absolute atomic E-state index is 11.8. The highest BCUT2D eigenvalue weighted by Crippen LogP contribution is 2.13. The highest BCUT2D eigenvalue weighted by molar-refractivity contribution is 5.85. The van der Waals surface area contributed by atoms with E-state index in [1.54, 1.807) is 0 Å². The van der Waals surface area contributed by atoms with Gasteiger partial charge in [-0.05, 0) is 25.8 Å². The van der Waals surface area contributed by atoms with E-state index in [2.05, 4.69) is 5.32 Å². The molecule has 2 fully saturated rings. The highest BCUT2D eigenvalue weighted by atomic mass is 35.5. The van der Waals surface area contributed by atoms with Gasteiger partial charge in [-0.25, -0.2) is 0 Å². The van der Waals surface area contributed by atoms with Gasteiger partial charge < -0.3 is 16.0 Å². The van der Waals surface area contributed by atoms with Crippen molar-refractivity contribution < 1.29 is 4.79 Å². The van der Waals surface area contributed by atoms with Gasteiger partial charge in [0.1, 0.15) is 0 Å². The summed E-state index contributed by atoms with van der Waals surface area (Å²) in [5, 5.41) is 3.22. The Morgan fingerprint density at radius 1 is 1.43 bits per heavy atom. The quantitative estimate of drug-likeness (QED) is 0.638. The lowest BCUT2D eigenvalue weighted by Crippen LogP contribution is -2.43. The molecule has 0 saturated carbocycles. The molecular weight excluding hydrogens is 202 g/mol. The first-order valence-corrected chi connectivity index (χ1v) is 5.05. The van der Waals surface area contributed by atoms with Crippen molar-refractivity contribution in [3.8, 4) is 0 Å². The predicted molar refractivity (Wildman–Crippen MR) is 57.4 cm³/mol. The van der Waals surface area contributed by atoms with Crippen LogP contribution in [-0.4, -0.2) is 42.5 Å². The van der Waals surface area contributed by atoms with Crippen LogP contribution >= 0.6 is 12.4 Å². The smallest absolute Gasteiger partial charge is 0.239 e. The van der Waals surface area contributed by atoms with Crippen molar-refractivity contribution in [1.82, 2.24) is 10.2 Å². The second-order valence-corrected chi connectivity index (χ2v) is 3.98. The zero-order chi connectivity index (χ0) is 9.26. The molecule has 0 aromatic rings. The van der Waals surface area contributed by atoms with Gasteiger partial charge in [-0.3, -0.25) is 4.79 Å². The number of halogens is 1. The second-order valence-electron chi connectivity index (χ2n) is 3.98. The van der Waals surface area contributed by atoms with Crippen LogP contribution in [0.5, 0.6) is 0 Å². The van der Waals surface area contributed by atoms with Crippen LogP contribution in [0.4, 0.5) is 0 Å². The molecule has 14 heavy (non-hydrogen) atoms. The third-order valence-electron chi connectivity index (χ3n) is 2.89. The maximum atomic E-state index is 11.8. The number of hydrogen-bond acceptors (Lipinski definition) is 3. The van der Waals surface area contributed by atoms with Crippen molar-refractivity contribution in [1.29, 1.82) is 0 Å². The number of nitrogens with zero attached hydrogens (tertiary/aromatic N) is 1. The number of likely N-dealkylation sites (tertiary alicyclic amines) is 1. The molecule has 0 bridgehead atoms. The lowest BCUT2D eigenvalue weighted by molar-refractivity contribution is -0.132. The van der Waals surface area contributed by atoms with Crippen molar-refractivity contribution in [3.05, 3.63) is 0 Å². The summed E-state index contributed by atoms with van der Waals surface area (Å²) in [6.07, 6.45) is 3.07. The van der Waals surface area contributed by atoms with E-state index in [0.29, 0.717) is 0 Å². The molecule has 5 heteroatoms. The molecule has 2 aliphatic rings. The van der Waals surface area contributed by atoms with E-state index in [1.165, 1.54) is 0 Å². The summed E-state index contributed by atoms with van der Waals surface area (Å²) in [5.74, 6) is 0.255. The van der Waals surface area contributed by atoms with Gasteiger partial charge in [0.05, 0.1) is 6.04 Å². The van der Waals surface area contributed by atoms with E-state index >= 15 is 0 Å². The fourth-order valence-corrected chi connectivity index (χ4v) is 2.10. The fraction of sp³-hybridized carbons (Fsp3) is 0.889. The highest BCUT2D eigenvalue weighted by Gasteiger charge is 2.30. The molecule has 0 spiro atoms. The molecule has 1 amide bonds. The molecule has 0 aromatic heterocycles. The molecule has 2 rings (SSSR count). The minimum absolute atomic E-state index is 0. The maximum Gasteiger partial charge on any atom is 0.239 e. The molecule has 2 saturated heterocycles. The third-order valence-corrected chi connectivity index (χ3v) is 2.89. The summed E-state index contributed by atoms with van der Waals surface area (Å²) in [7, 11) is 0. The Labute approximate surface area is 90.6 Å². The molecule has 0 aliphatic carbocycles. The molecule has 2 heterocycles. The topological polar surface area (TPSA) is 58.4 Å². The first kappa shape index (κ1) is 11.8. The number of carbonyl (C=O) groups is 1. The lowest BCUT2D eigenvalue weighted by atomic mass is 10.2. The second kappa shape index (κ2) is 4.96. The predicted octanol–water partition coefficient (Wildman–Crippen LogP) is -0.280. The van der Waals surface area contributed by atoms with Gasteiger partial charge in [-0.2, -0.15) is 0 Å². The van der Waals surface area contributed by atoms with Gasteiger partial charge >= 0.3 is 0 Å². The molecule has 1 unspecified atom stereocenters. The van der Waals surface area contributed by atoms with Crippen molar-refractivity contribution in [3.63, 3.8) is 0 Å². The van der Waals surface area contributed by atoms with E-state index < -0.39 is 0 Å². The average molecular weight is 220 g/mol. The summed E-state index contributed by atoms with van der Waals surface area (Å²) in [6.45, 7) is 2.57. The zero-order valence-corrected chi connectivity index (χ0v) is 9.05. The number of amides is 1. The molecule has 3 N–H and O–H groups in total. The van der Waals surface area contributed by atoms with Crippen molar-refractivity contribution in [2.75, 3.05) is 19.6 Å².